The van der Waals surface area contributed by atoms with Gasteiger partial charge in [-0.25, -0.2) is 13.1 Å². The summed E-state index contributed by atoms with van der Waals surface area (Å²) in [5.74, 6) is 0. The van der Waals surface area contributed by atoms with Crippen molar-refractivity contribution in [3.05, 3.63) is 17.5 Å². The standard InChI is InChI=1S/C9H15NO3S2/c1-2-8(5-6-11)10-15(12,13)9-4-3-7-14-9/h3-4,7-8,10-11H,2,5-6H2,1H3. The van der Waals surface area contributed by atoms with Crippen molar-refractivity contribution in [3.8, 4) is 0 Å². The van der Waals surface area contributed by atoms with Crippen LogP contribution in [-0.2, 0) is 10.0 Å². The van der Waals surface area contributed by atoms with Gasteiger partial charge in [0.05, 0.1) is 0 Å². The molecule has 0 spiro atoms. The van der Waals surface area contributed by atoms with Gasteiger partial charge in [0.1, 0.15) is 4.21 Å². The largest absolute Gasteiger partial charge is 0.396 e. The first kappa shape index (κ1) is 12.6. The van der Waals surface area contributed by atoms with Crippen LogP contribution in [0.15, 0.2) is 21.7 Å². The summed E-state index contributed by atoms with van der Waals surface area (Å²) in [6.45, 7) is 1.88. The van der Waals surface area contributed by atoms with E-state index < -0.39 is 10.0 Å². The lowest BCUT2D eigenvalue weighted by atomic mass is 10.2. The number of nitrogens with one attached hydrogen (secondary N) is 1. The molecule has 0 aliphatic heterocycles. The Morgan fingerprint density at radius 1 is 1.60 bits per heavy atom. The lowest BCUT2D eigenvalue weighted by molar-refractivity contribution is 0.270. The van der Waals surface area contributed by atoms with Crippen LogP contribution in [0.3, 0.4) is 0 Å². The number of sulfonamides is 1. The molecule has 0 bridgehead atoms. The van der Waals surface area contributed by atoms with Crippen molar-refractivity contribution in [2.45, 2.75) is 30.0 Å². The third-order valence-electron chi connectivity index (χ3n) is 2.05. The Morgan fingerprint density at radius 3 is 2.80 bits per heavy atom. The Hall–Kier alpha value is -0.430. The summed E-state index contributed by atoms with van der Waals surface area (Å²) in [6, 6.07) is 3.08. The van der Waals surface area contributed by atoms with Crippen LogP contribution in [0.1, 0.15) is 19.8 Å². The van der Waals surface area contributed by atoms with Crippen molar-refractivity contribution in [1.82, 2.24) is 4.72 Å². The van der Waals surface area contributed by atoms with Crippen LogP contribution in [0.25, 0.3) is 0 Å². The normalized spacial score (nSPS) is 14.0. The molecule has 1 atom stereocenters. The van der Waals surface area contributed by atoms with Gasteiger partial charge in [-0.05, 0) is 24.3 Å². The van der Waals surface area contributed by atoms with E-state index in [4.69, 9.17) is 5.11 Å². The number of hydrogen-bond acceptors (Lipinski definition) is 4. The van der Waals surface area contributed by atoms with Crippen LogP contribution in [-0.4, -0.2) is 26.2 Å². The highest BCUT2D eigenvalue weighted by atomic mass is 32.2. The molecule has 2 N–H and O–H groups in total. The second-order valence-corrected chi connectivity index (χ2v) is 6.06. The van der Waals surface area contributed by atoms with Gasteiger partial charge < -0.3 is 5.11 Å². The first-order chi connectivity index (χ1) is 7.10. The summed E-state index contributed by atoms with van der Waals surface area (Å²) in [7, 11) is -3.39. The third-order valence-corrected chi connectivity index (χ3v) is 4.97. The van der Waals surface area contributed by atoms with E-state index in [1.54, 1.807) is 17.5 Å². The molecule has 15 heavy (non-hydrogen) atoms. The monoisotopic (exact) mass is 249 g/mol. The van der Waals surface area contributed by atoms with E-state index in [0.717, 1.165) is 0 Å². The summed E-state index contributed by atoms with van der Waals surface area (Å²) in [5.41, 5.74) is 0. The van der Waals surface area contributed by atoms with Crippen LogP contribution in [0.2, 0.25) is 0 Å². The van der Waals surface area contributed by atoms with Crippen molar-refractivity contribution < 1.29 is 13.5 Å². The average Bonchev–Trinajstić information content (AvgIpc) is 2.70. The number of aliphatic hydroxyl groups is 1. The van der Waals surface area contributed by atoms with Gasteiger partial charge >= 0.3 is 0 Å². The molecule has 0 fully saturated rings. The summed E-state index contributed by atoms with van der Waals surface area (Å²) in [5, 5.41) is 10.5. The molecule has 0 saturated heterocycles. The van der Waals surface area contributed by atoms with Gasteiger partial charge in [0, 0.05) is 12.6 Å². The van der Waals surface area contributed by atoms with Crippen LogP contribution in [0, 0.1) is 0 Å². The Morgan fingerprint density at radius 2 is 2.33 bits per heavy atom. The van der Waals surface area contributed by atoms with Crippen molar-refractivity contribution in [2.24, 2.45) is 0 Å². The highest BCUT2D eigenvalue weighted by Gasteiger charge is 2.19. The Balaban J connectivity index is 2.72. The number of aliphatic hydroxyl groups excluding tert-OH is 1. The van der Waals surface area contributed by atoms with Crippen molar-refractivity contribution in [1.29, 1.82) is 0 Å². The topological polar surface area (TPSA) is 66.4 Å². The second kappa shape index (κ2) is 5.60. The summed E-state index contributed by atoms with van der Waals surface area (Å²) >= 11 is 1.19. The van der Waals surface area contributed by atoms with Gasteiger partial charge in [0.25, 0.3) is 0 Å². The minimum absolute atomic E-state index is 0.00847. The quantitative estimate of drug-likeness (QED) is 0.796. The van der Waals surface area contributed by atoms with Gasteiger partial charge in [-0.2, -0.15) is 0 Å². The molecule has 0 amide bonds. The smallest absolute Gasteiger partial charge is 0.250 e. The lowest BCUT2D eigenvalue weighted by Crippen LogP contribution is -2.34. The molecule has 0 saturated carbocycles. The molecule has 0 aromatic carbocycles. The molecule has 86 valence electrons. The molecule has 6 heteroatoms. The number of thiophene rings is 1. The van der Waals surface area contributed by atoms with Gasteiger partial charge in [-0.15, -0.1) is 11.3 Å². The third kappa shape index (κ3) is 3.57. The highest BCUT2D eigenvalue weighted by molar-refractivity contribution is 7.91. The average molecular weight is 249 g/mol. The molecule has 1 aromatic rings. The van der Waals surface area contributed by atoms with Gasteiger partial charge in [-0.1, -0.05) is 13.0 Å². The summed E-state index contributed by atoms with van der Waals surface area (Å²) in [6.07, 6.45) is 1.12. The molecule has 0 radical (unpaired) electrons. The maximum atomic E-state index is 11.8. The SMILES string of the molecule is CCC(CCO)NS(=O)(=O)c1cccs1. The molecule has 0 aliphatic rings. The van der Waals surface area contributed by atoms with E-state index in [0.29, 0.717) is 17.1 Å². The minimum Gasteiger partial charge on any atom is -0.396 e. The Kier molecular flexibility index (Phi) is 4.72. The fourth-order valence-corrected chi connectivity index (χ4v) is 3.56. The van der Waals surface area contributed by atoms with E-state index >= 15 is 0 Å². The predicted molar refractivity (Wildman–Crippen MR) is 60.4 cm³/mol. The van der Waals surface area contributed by atoms with E-state index in [-0.39, 0.29) is 12.6 Å². The van der Waals surface area contributed by atoms with Crippen LogP contribution >= 0.6 is 11.3 Å². The Bertz CT molecular complexity index is 372. The molecular formula is C9H15NO3S2. The van der Waals surface area contributed by atoms with Crippen LogP contribution < -0.4 is 4.72 Å². The predicted octanol–water partition coefficient (Wildman–Crippen LogP) is 1.19. The zero-order valence-electron chi connectivity index (χ0n) is 8.51. The highest BCUT2D eigenvalue weighted by Crippen LogP contribution is 2.16. The zero-order valence-corrected chi connectivity index (χ0v) is 10.1. The van der Waals surface area contributed by atoms with Crippen molar-refractivity contribution in [3.63, 3.8) is 0 Å². The number of hydrogen-bond donors (Lipinski definition) is 2. The molecule has 0 aliphatic carbocycles. The summed E-state index contributed by atoms with van der Waals surface area (Å²) < 4.78 is 26.4. The van der Waals surface area contributed by atoms with Crippen molar-refractivity contribution in [2.75, 3.05) is 6.61 Å². The van der Waals surface area contributed by atoms with Gasteiger partial charge in [-0.3, -0.25) is 0 Å². The molecule has 1 rings (SSSR count). The van der Waals surface area contributed by atoms with E-state index in [1.165, 1.54) is 11.3 Å². The Labute approximate surface area is 94.0 Å². The lowest BCUT2D eigenvalue weighted by Gasteiger charge is -2.14. The minimum atomic E-state index is -3.39. The zero-order chi connectivity index (χ0) is 11.3. The van der Waals surface area contributed by atoms with Crippen LogP contribution in [0.5, 0.6) is 0 Å². The molecule has 4 nitrogen and oxygen atoms in total. The van der Waals surface area contributed by atoms with Crippen molar-refractivity contribution >= 4 is 21.4 Å². The fourth-order valence-electron chi connectivity index (χ4n) is 1.20. The maximum Gasteiger partial charge on any atom is 0.250 e. The van der Waals surface area contributed by atoms with E-state index in [9.17, 15) is 8.42 Å². The number of rotatable bonds is 6. The fraction of sp³-hybridized carbons (Fsp3) is 0.556. The molecular weight excluding hydrogens is 234 g/mol. The first-order valence-corrected chi connectivity index (χ1v) is 7.13. The van der Waals surface area contributed by atoms with E-state index in [2.05, 4.69) is 4.72 Å². The summed E-state index contributed by atoms with van der Waals surface area (Å²) in [4.78, 5) is 0. The maximum absolute atomic E-state index is 11.8. The van der Waals surface area contributed by atoms with E-state index in [1.807, 2.05) is 6.92 Å². The van der Waals surface area contributed by atoms with Gasteiger partial charge in [0.2, 0.25) is 10.0 Å². The van der Waals surface area contributed by atoms with Crippen LogP contribution in [0.4, 0.5) is 0 Å². The molecule has 1 unspecified atom stereocenters. The molecule has 1 aromatic heterocycles. The molecule has 1 heterocycles. The second-order valence-electron chi connectivity index (χ2n) is 3.17. The first-order valence-electron chi connectivity index (χ1n) is 4.77. The van der Waals surface area contributed by atoms with Gasteiger partial charge in [0.15, 0.2) is 0 Å².